The first-order valence-corrected chi connectivity index (χ1v) is 9.55. The molecule has 1 amide bonds. The molecule has 1 heterocycles. The lowest BCUT2D eigenvalue weighted by Gasteiger charge is -2.13. The predicted molar refractivity (Wildman–Crippen MR) is 109 cm³/mol. The summed E-state index contributed by atoms with van der Waals surface area (Å²) in [6.45, 7) is 0. The molecule has 0 aliphatic rings. The van der Waals surface area contributed by atoms with E-state index in [1.807, 2.05) is 5.32 Å². The summed E-state index contributed by atoms with van der Waals surface area (Å²) in [6.07, 6.45) is 0. The zero-order chi connectivity index (χ0) is 22.3. The fourth-order valence-corrected chi connectivity index (χ4v) is 3.45. The molecule has 0 spiro atoms. The molecule has 0 fully saturated rings. The first kappa shape index (κ1) is 20.9. The highest BCUT2D eigenvalue weighted by atomic mass is 79.9. The summed E-state index contributed by atoms with van der Waals surface area (Å²) in [4.78, 5) is 17.4. The summed E-state index contributed by atoms with van der Waals surface area (Å²) >= 11 is 3.34. The number of hydrogen-bond donors (Lipinski definition) is 1. The molecule has 156 valence electrons. The first-order chi connectivity index (χ1) is 14.8. The molecular formula is C22H10BrF5N2O. The van der Waals surface area contributed by atoms with Crippen molar-refractivity contribution in [2.45, 2.75) is 0 Å². The highest BCUT2D eigenvalue weighted by molar-refractivity contribution is 9.10. The van der Waals surface area contributed by atoms with Gasteiger partial charge in [0.05, 0.1) is 16.8 Å². The summed E-state index contributed by atoms with van der Waals surface area (Å²) in [6, 6.07) is 14.9. The van der Waals surface area contributed by atoms with Gasteiger partial charge in [0.25, 0.3) is 5.91 Å². The van der Waals surface area contributed by atoms with E-state index in [-0.39, 0.29) is 5.56 Å². The molecule has 0 saturated heterocycles. The van der Waals surface area contributed by atoms with Crippen molar-refractivity contribution in [2.24, 2.45) is 0 Å². The third kappa shape index (κ3) is 3.76. The summed E-state index contributed by atoms with van der Waals surface area (Å²) in [5, 5.41) is 2.15. The molecule has 9 heteroatoms. The molecule has 4 aromatic rings. The van der Waals surface area contributed by atoms with Gasteiger partial charge in [-0.15, -0.1) is 0 Å². The van der Waals surface area contributed by atoms with Gasteiger partial charge in [-0.05, 0) is 24.3 Å². The minimum Gasteiger partial charge on any atom is -0.317 e. The van der Waals surface area contributed by atoms with E-state index >= 15 is 0 Å². The average molecular weight is 493 g/mol. The molecular weight excluding hydrogens is 483 g/mol. The Labute approximate surface area is 180 Å². The quantitative estimate of drug-likeness (QED) is 0.198. The minimum atomic E-state index is -2.31. The zero-order valence-corrected chi connectivity index (χ0v) is 16.9. The minimum absolute atomic E-state index is 0.0514. The first-order valence-electron chi connectivity index (χ1n) is 8.76. The number of hydrogen-bond acceptors (Lipinski definition) is 2. The van der Waals surface area contributed by atoms with Crippen LogP contribution in [0.1, 0.15) is 10.4 Å². The second-order valence-electron chi connectivity index (χ2n) is 6.48. The number of carbonyl (C=O) groups excluding carboxylic acids is 1. The molecule has 1 aromatic heterocycles. The maximum Gasteiger partial charge on any atom is 0.256 e. The number of nitrogens with one attached hydrogen (secondary N) is 1. The maximum absolute atomic E-state index is 14.0. The number of aromatic nitrogens is 1. The number of nitrogens with zero attached hydrogens (tertiary/aromatic N) is 1. The molecule has 1 N–H and O–H groups in total. The van der Waals surface area contributed by atoms with Gasteiger partial charge in [0.15, 0.2) is 23.3 Å². The van der Waals surface area contributed by atoms with Gasteiger partial charge in [-0.25, -0.2) is 26.9 Å². The van der Waals surface area contributed by atoms with Crippen molar-refractivity contribution in [3.63, 3.8) is 0 Å². The number of amides is 1. The predicted octanol–water partition coefficient (Wildman–Crippen LogP) is 6.61. The molecule has 0 unspecified atom stereocenters. The summed E-state index contributed by atoms with van der Waals surface area (Å²) in [7, 11) is 0. The number of pyridine rings is 1. The lowest BCUT2D eigenvalue weighted by atomic mass is 10.0. The Morgan fingerprint density at radius 2 is 1.45 bits per heavy atom. The van der Waals surface area contributed by atoms with E-state index in [0.717, 1.165) is 4.47 Å². The monoisotopic (exact) mass is 492 g/mol. The van der Waals surface area contributed by atoms with Crippen LogP contribution in [0.4, 0.5) is 27.6 Å². The van der Waals surface area contributed by atoms with E-state index in [2.05, 4.69) is 20.9 Å². The molecule has 0 radical (unpaired) electrons. The number of para-hydroxylation sites is 1. The Hall–Kier alpha value is -3.33. The van der Waals surface area contributed by atoms with Crippen molar-refractivity contribution in [2.75, 3.05) is 5.32 Å². The van der Waals surface area contributed by atoms with Crippen molar-refractivity contribution < 1.29 is 26.7 Å². The fourth-order valence-electron chi connectivity index (χ4n) is 3.05. The molecule has 4 rings (SSSR count). The van der Waals surface area contributed by atoms with Gasteiger partial charge in [0, 0.05) is 15.4 Å². The number of rotatable bonds is 3. The molecule has 0 aliphatic heterocycles. The van der Waals surface area contributed by atoms with E-state index in [1.165, 1.54) is 6.07 Å². The van der Waals surface area contributed by atoms with Crippen molar-refractivity contribution >= 4 is 38.4 Å². The molecule has 0 saturated carbocycles. The summed E-state index contributed by atoms with van der Waals surface area (Å²) in [5.74, 6) is -11.9. The van der Waals surface area contributed by atoms with Gasteiger partial charge in [-0.1, -0.05) is 46.3 Å². The topological polar surface area (TPSA) is 42.0 Å². The second kappa shape index (κ2) is 8.07. The van der Waals surface area contributed by atoms with Crippen LogP contribution in [-0.2, 0) is 0 Å². The van der Waals surface area contributed by atoms with Crippen LogP contribution in [0.5, 0.6) is 0 Å². The Bertz CT molecular complexity index is 1330. The number of fused-ring (bicyclic) bond motifs is 1. The highest BCUT2D eigenvalue weighted by Crippen LogP contribution is 2.30. The van der Waals surface area contributed by atoms with Crippen molar-refractivity contribution in [1.82, 2.24) is 4.98 Å². The molecule has 0 bridgehead atoms. The van der Waals surface area contributed by atoms with Gasteiger partial charge in [0.1, 0.15) is 5.69 Å². The van der Waals surface area contributed by atoms with Crippen LogP contribution in [0.15, 0.2) is 59.1 Å². The van der Waals surface area contributed by atoms with Crippen molar-refractivity contribution in [3.8, 4) is 11.3 Å². The van der Waals surface area contributed by atoms with E-state index in [1.54, 1.807) is 48.5 Å². The van der Waals surface area contributed by atoms with E-state index < -0.39 is 40.7 Å². The smallest absolute Gasteiger partial charge is 0.256 e. The fraction of sp³-hybridized carbons (Fsp3) is 0. The molecule has 3 nitrogen and oxygen atoms in total. The van der Waals surface area contributed by atoms with Crippen LogP contribution in [0.3, 0.4) is 0 Å². The van der Waals surface area contributed by atoms with Crippen molar-refractivity contribution in [1.29, 1.82) is 0 Å². The van der Waals surface area contributed by atoms with Crippen LogP contribution < -0.4 is 5.32 Å². The number of benzene rings is 3. The van der Waals surface area contributed by atoms with Gasteiger partial charge < -0.3 is 5.32 Å². The molecule has 0 aliphatic carbocycles. The van der Waals surface area contributed by atoms with Gasteiger partial charge in [0.2, 0.25) is 5.82 Å². The molecule has 0 atom stereocenters. The molecule has 3 aromatic carbocycles. The lowest BCUT2D eigenvalue weighted by molar-refractivity contribution is 0.102. The Morgan fingerprint density at radius 3 is 2.13 bits per heavy atom. The SMILES string of the molecule is O=C(Nc1c(F)c(F)c(F)c(F)c1F)c1cc(-c2cccc(Br)c2)nc2ccccc12. The normalized spacial score (nSPS) is 11.0. The third-order valence-electron chi connectivity index (χ3n) is 4.53. The number of anilines is 1. The second-order valence-corrected chi connectivity index (χ2v) is 7.40. The van der Waals surface area contributed by atoms with E-state index in [0.29, 0.717) is 22.2 Å². The Balaban J connectivity index is 1.86. The van der Waals surface area contributed by atoms with Crippen molar-refractivity contribution in [3.05, 3.63) is 93.7 Å². The van der Waals surface area contributed by atoms with Crippen LogP contribution in [0.2, 0.25) is 0 Å². The lowest BCUT2D eigenvalue weighted by Crippen LogP contribution is -2.17. The Morgan fingerprint density at radius 1 is 0.806 bits per heavy atom. The highest BCUT2D eigenvalue weighted by Gasteiger charge is 2.27. The van der Waals surface area contributed by atoms with E-state index in [9.17, 15) is 26.7 Å². The zero-order valence-electron chi connectivity index (χ0n) is 15.3. The van der Waals surface area contributed by atoms with E-state index in [4.69, 9.17) is 0 Å². The number of halogens is 6. The van der Waals surface area contributed by atoms with Crippen LogP contribution >= 0.6 is 15.9 Å². The van der Waals surface area contributed by atoms with Crippen LogP contribution in [0.25, 0.3) is 22.2 Å². The maximum atomic E-state index is 14.0. The number of carbonyl (C=O) groups is 1. The largest absolute Gasteiger partial charge is 0.317 e. The molecule has 31 heavy (non-hydrogen) atoms. The third-order valence-corrected chi connectivity index (χ3v) is 5.02. The van der Waals surface area contributed by atoms with Crippen LogP contribution in [0, 0.1) is 29.1 Å². The standard InChI is InChI=1S/C22H10BrF5N2O/c23-11-5-3-4-10(8-11)15-9-13(12-6-1-2-7-14(12)29-15)22(31)30-21-19(27)17(25)16(24)18(26)20(21)28/h1-9H,(H,30,31). The van der Waals surface area contributed by atoms with Crippen LogP contribution in [-0.4, -0.2) is 10.9 Å². The van der Waals surface area contributed by atoms with Gasteiger partial charge in [-0.2, -0.15) is 0 Å². The van der Waals surface area contributed by atoms with Gasteiger partial charge >= 0.3 is 0 Å². The van der Waals surface area contributed by atoms with Gasteiger partial charge in [-0.3, -0.25) is 4.79 Å². The average Bonchev–Trinajstić information content (AvgIpc) is 2.78. The summed E-state index contributed by atoms with van der Waals surface area (Å²) < 4.78 is 69.1. The summed E-state index contributed by atoms with van der Waals surface area (Å²) in [5.41, 5.74) is -0.0497. The Kier molecular flexibility index (Phi) is 5.45.